The molecule has 123 heavy (non-hydrogen) atoms. The molecule has 8 aromatic carbocycles. The summed E-state index contributed by atoms with van der Waals surface area (Å²) >= 11 is 0. The van der Waals surface area contributed by atoms with Crippen molar-refractivity contribution in [1.82, 2.24) is 19.9 Å². The van der Waals surface area contributed by atoms with Crippen LogP contribution in [0.15, 0.2) is 261 Å². The maximum atomic E-state index is 9.09. The lowest BCUT2D eigenvalue weighted by Gasteiger charge is -2.21. The van der Waals surface area contributed by atoms with Gasteiger partial charge in [-0.2, -0.15) is 0 Å². The molecule has 0 N–H and O–H groups in total. The number of aryl methyl sites for hydroxylation is 8. The molecule has 0 spiro atoms. The van der Waals surface area contributed by atoms with Crippen LogP contribution in [0.1, 0.15) is 164 Å². The van der Waals surface area contributed by atoms with Gasteiger partial charge >= 0.3 is 0 Å². The van der Waals surface area contributed by atoms with Crippen molar-refractivity contribution in [3.63, 3.8) is 0 Å². The predicted molar refractivity (Wildman–Crippen MR) is 502 cm³/mol. The smallest absolute Gasteiger partial charge is 0.227 e. The Labute approximate surface area is 728 Å². The summed E-state index contributed by atoms with van der Waals surface area (Å²) < 4.78 is 94.9. The van der Waals surface area contributed by atoms with Gasteiger partial charge in [0.25, 0.3) is 0 Å². The predicted octanol–water partition coefficient (Wildman–Crippen LogP) is 26.8. The minimum atomic E-state index is -1.40. The molecule has 3 fully saturated rings. The van der Waals surface area contributed by atoms with Crippen LogP contribution in [0.3, 0.4) is 0 Å². The second-order valence-electron chi connectivity index (χ2n) is 34.9. The maximum absolute atomic E-state index is 9.09. The molecule has 0 saturated heterocycles. The Bertz CT molecular complexity index is 7880. The summed E-state index contributed by atoms with van der Waals surface area (Å²) in [7, 11) is 8.10. The van der Waals surface area contributed by atoms with E-state index in [1.165, 1.54) is 23.8 Å². The standard InChI is InChI=1S/C29H29N2O.2C28H27N2O.C26H25N2O/c1-19-14-25-27(32-29-28(25)23-11-7-6-10-22(23)18-30-29)17-24(19)26-16-21(12-13-31(26)2)15-20-8-4-3-5-9-20;1-18-13-24-26(31-28-27(24)22-10-6-5-9-21(22)17-29-28)16-23(18)25-15-20(11-12-30(25)2)14-19-7-3-4-8-19;1-18-14-24-26(31-28-27(24)22-11-7-6-10-21(22)17-29-28)16-23(18)25-15-20(12-13-30(25)2)19-8-4-3-5-9-19;1-16(2)11-18-9-10-28(4)23(13-18)21-14-24-22(12-17(21)3)25-20-8-6-5-7-19(20)15-27-26(25)29-24/h6-7,10-14,16-18,20H,3-5,8-9,15H2,1-2H3;5-6,9-13,15-17,19H,3-4,7-8,14H2,1-2H3;6-7,10-17,19H,3-5,8-9H2,1-2H3;5-10,12-16H,11H2,1-4H3/q4*+1/i15D2;14D2;19D;11D2. The van der Waals surface area contributed by atoms with E-state index in [4.69, 9.17) is 27.3 Å². The van der Waals surface area contributed by atoms with E-state index in [0.717, 1.165) is 259 Å². The summed E-state index contributed by atoms with van der Waals surface area (Å²) in [4.78, 5) is 18.3. The van der Waals surface area contributed by atoms with Crippen molar-refractivity contribution >= 4 is 131 Å². The number of furan rings is 4. The number of hydrogen-bond acceptors (Lipinski definition) is 8. The number of benzene rings is 8. The number of hydrogen-bond donors (Lipinski definition) is 0. The number of aromatic nitrogens is 8. The van der Waals surface area contributed by atoms with Crippen LogP contribution >= 0.6 is 0 Å². The molecule has 3 saturated carbocycles. The molecule has 12 heterocycles. The molecule has 12 heteroatoms. The largest absolute Gasteiger partial charge is 0.438 e. The fourth-order valence-corrected chi connectivity index (χ4v) is 19.6. The highest BCUT2D eigenvalue weighted by Gasteiger charge is 2.28. The van der Waals surface area contributed by atoms with Gasteiger partial charge in [-0.1, -0.05) is 188 Å². The Morgan fingerprint density at radius 1 is 0.333 bits per heavy atom. The Morgan fingerprint density at radius 3 is 0.951 bits per heavy atom. The summed E-state index contributed by atoms with van der Waals surface area (Å²) in [6.07, 6.45) is 26.4. The van der Waals surface area contributed by atoms with Gasteiger partial charge in [0, 0.05) is 126 Å². The third-order valence-electron chi connectivity index (χ3n) is 26.0. The molecule has 0 radical (unpaired) electrons. The van der Waals surface area contributed by atoms with Gasteiger partial charge in [-0.15, -0.1) is 0 Å². The third-order valence-corrected chi connectivity index (χ3v) is 26.0. The zero-order valence-electron chi connectivity index (χ0n) is 78.9. The van der Waals surface area contributed by atoms with E-state index in [2.05, 4.69) is 190 Å². The summed E-state index contributed by atoms with van der Waals surface area (Å²) in [6, 6.07) is 66.4. The molecule has 23 rings (SSSR count). The summed E-state index contributed by atoms with van der Waals surface area (Å²) in [6.45, 7) is 12.3. The van der Waals surface area contributed by atoms with Crippen LogP contribution in [-0.4, -0.2) is 19.9 Å². The lowest BCUT2D eigenvalue weighted by molar-refractivity contribution is -0.660. The molecule has 0 aliphatic heterocycles. The minimum Gasteiger partial charge on any atom is -0.438 e. The van der Waals surface area contributed by atoms with Crippen molar-refractivity contribution in [3.05, 3.63) is 288 Å². The molecular formula is C111H108N8O4+4. The summed E-state index contributed by atoms with van der Waals surface area (Å²) in [5, 5.41) is 17.5. The van der Waals surface area contributed by atoms with Crippen LogP contribution in [0, 0.1) is 45.4 Å². The first kappa shape index (κ1) is 70.8. The molecule has 612 valence electrons. The number of pyridine rings is 8. The Kier molecular flexibility index (Phi) is 19.1. The zero-order valence-corrected chi connectivity index (χ0v) is 71.9. The lowest BCUT2D eigenvalue weighted by Crippen LogP contribution is -2.31. The van der Waals surface area contributed by atoms with E-state index in [1.807, 2.05) is 162 Å². The molecule has 3 aliphatic rings. The molecule has 20 aromatic rings. The summed E-state index contributed by atoms with van der Waals surface area (Å²) in [5.74, 6) is -0.413. The molecule has 12 nitrogen and oxygen atoms in total. The Balaban J connectivity index is 0.000000108. The molecule has 0 amide bonds. The van der Waals surface area contributed by atoms with Crippen LogP contribution in [-0.2, 0) is 47.3 Å². The van der Waals surface area contributed by atoms with Crippen molar-refractivity contribution in [2.75, 3.05) is 0 Å². The topological polar surface area (TPSA) is 120 Å². The van der Waals surface area contributed by atoms with Crippen LogP contribution in [0.4, 0.5) is 0 Å². The van der Waals surface area contributed by atoms with Gasteiger partial charge in [0.1, 0.15) is 50.5 Å². The van der Waals surface area contributed by atoms with E-state index in [-0.39, 0.29) is 17.8 Å². The van der Waals surface area contributed by atoms with Gasteiger partial charge in [0.15, 0.2) is 24.8 Å². The average molecular weight is 1630 g/mol. The minimum absolute atomic E-state index is 0.0834. The van der Waals surface area contributed by atoms with Crippen LogP contribution in [0.25, 0.3) is 176 Å². The van der Waals surface area contributed by atoms with Crippen LogP contribution in [0.5, 0.6) is 0 Å². The van der Waals surface area contributed by atoms with E-state index in [0.29, 0.717) is 28.4 Å². The quantitative estimate of drug-likeness (QED) is 0.117. The highest BCUT2D eigenvalue weighted by Crippen LogP contribution is 2.44. The van der Waals surface area contributed by atoms with Crippen molar-refractivity contribution in [2.24, 2.45) is 45.9 Å². The first-order valence-corrected chi connectivity index (χ1v) is 44.0. The van der Waals surface area contributed by atoms with Gasteiger partial charge in [-0.3, -0.25) is 0 Å². The number of fused-ring (bicyclic) bond motifs is 20. The van der Waals surface area contributed by atoms with Gasteiger partial charge in [-0.25, -0.2) is 38.2 Å². The van der Waals surface area contributed by atoms with Crippen LogP contribution in [0.2, 0.25) is 0 Å². The van der Waals surface area contributed by atoms with E-state index in [9.17, 15) is 0 Å². The fourth-order valence-electron chi connectivity index (χ4n) is 19.6. The molecule has 0 unspecified atom stereocenters. The molecule has 0 bridgehead atoms. The van der Waals surface area contributed by atoms with E-state index in [1.54, 1.807) is 0 Å². The van der Waals surface area contributed by atoms with Crippen molar-refractivity contribution in [1.29, 1.82) is 0 Å². The van der Waals surface area contributed by atoms with E-state index < -0.39 is 25.0 Å². The van der Waals surface area contributed by atoms with Gasteiger partial charge in [0.05, 0.1) is 43.8 Å². The highest BCUT2D eigenvalue weighted by molar-refractivity contribution is 6.21. The summed E-state index contributed by atoms with van der Waals surface area (Å²) in [5.41, 5.74) is 22.1. The van der Waals surface area contributed by atoms with Gasteiger partial charge in [0.2, 0.25) is 45.6 Å². The van der Waals surface area contributed by atoms with Crippen molar-refractivity contribution in [3.8, 4) is 45.0 Å². The van der Waals surface area contributed by atoms with Crippen molar-refractivity contribution < 1.29 is 45.5 Å². The monoisotopic (exact) mass is 1620 g/mol. The van der Waals surface area contributed by atoms with Gasteiger partial charge < -0.3 is 17.7 Å². The molecule has 12 aromatic heterocycles. The van der Waals surface area contributed by atoms with E-state index >= 15 is 0 Å². The Hall–Kier alpha value is -12.8. The average Bonchev–Trinajstić information content (AvgIpc) is 1.55. The highest BCUT2D eigenvalue weighted by atomic mass is 16.4. The third kappa shape index (κ3) is 15.3. The first-order valence-electron chi connectivity index (χ1n) is 47.5. The molecule has 0 atom stereocenters. The maximum Gasteiger partial charge on any atom is 0.227 e. The molecular weight excluding hydrogens is 1510 g/mol. The number of nitrogens with zero attached hydrogens (tertiary/aromatic N) is 8. The normalized spacial score (nSPS) is 15.8. The van der Waals surface area contributed by atoms with Crippen LogP contribution < -0.4 is 18.3 Å². The lowest BCUT2D eigenvalue weighted by atomic mass is 9.84. The zero-order chi connectivity index (χ0) is 90.0. The first-order chi connectivity index (χ1) is 62.7. The fraction of sp³-hybridized carbons (Fsp3) is 0.279. The number of rotatable bonds is 11. The SMILES string of the molecule is [2H]C([2H])(c1cc[n+](C)c(-c2cc3oc4ncc5ccccc5c4c3cc2C)c1)C(C)C.[2H]C([2H])(c1cc[n+](C)c(-c2cc3oc4ncc5ccccc5c4c3cc2C)c1)C1CCCC1.[2H]C([2H])(c1cc[n+](C)c(-c2cc3oc4ncc5ccccc5c4c3cc2C)c1)C1CCCCC1.[2H]C1(c2cc[n+](C)c(-c3cc4oc5ncc6ccccc6c5c4cc3C)c2)CCCCC1. The second kappa shape index (κ2) is 33.2. The van der Waals surface area contributed by atoms with Gasteiger partial charge in [-0.05, 0) is 198 Å². The molecule has 3 aliphatic carbocycles. The Morgan fingerprint density at radius 2 is 0.618 bits per heavy atom. The van der Waals surface area contributed by atoms with Crippen molar-refractivity contribution in [2.45, 2.75) is 156 Å². The second-order valence-corrected chi connectivity index (χ2v) is 34.9.